The lowest BCUT2D eigenvalue weighted by Gasteiger charge is -2.36. The normalized spacial score (nSPS) is 25.9. The maximum absolute atomic E-state index is 11.7. The molecule has 0 aromatic rings. The van der Waals surface area contributed by atoms with Crippen molar-refractivity contribution in [1.82, 2.24) is 10.2 Å². The topological polar surface area (TPSA) is 58.4 Å². The Labute approximate surface area is 136 Å². The van der Waals surface area contributed by atoms with E-state index in [-0.39, 0.29) is 42.8 Å². The summed E-state index contributed by atoms with van der Waals surface area (Å²) in [5, 5.41) is 3.00. The molecule has 4 nitrogen and oxygen atoms in total. The molecule has 20 heavy (non-hydrogen) atoms. The quantitative estimate of drug-likeness (QED) is 0.812. The number of carbonyl (C=O) groups is 1. The second-order valence-corrected chi connectivity index (χ2v) is 6.09. The van der Waals surface area contributed by atoms with Crippen molar-refractivity contribution in [3.8, 4) is 0 Å². The zero-order valence-corrected chi connectivity index (χ0v) is 14.7. The molecule has 1 aliphatic heterocycles. The Hall–Kier alpha value is -0.0300. The first-order valence-electron chi connectivity index (χ1n) is 7.20. The van der Waals surface area contributed by atoms with Gasteiger partial charge in [-0.25, -0.2) is 0 Å². The van der Waals surface area contributed by atoms with Crippen molar-refractivity contribution in [3.05, 3.63) is 0 Å². The van der Waals surface area contributed by atoms with Crippen molar-refractivity contribution in [3.63, 3.8) is 0 Å². The van der Waals surface area contributed by atoms with Gasteiger partial charge in [-0.2, -0.15) is 0 Å². The molecule has 0 bridgehead atoms. The molecular formula is C14H31Cl2N3O. The fraction of sp³-hybridized carbons (Fsp3) is 0.929. The predicted molar refractivity (Wildman–Crippen MR) is 89.8 cm³/mol. The number of carbonyl (C=O) groups excluding carboxylic acids is 1. The number of rotatable bonds is 5. The fourth-order valence-corrected chi connectivity index (χ4v) is 2.91. The second kappa shape index (κ2) is 10.7. The lowest BCUT2D eigenvalue weighted by Crippen LogP contribution is -2.50. The van der Waals surface area contributed by atoms with Gasteiger partial charge in [0.25, 0.3) is 0 Å². The molecule has 122 valence electrons. The van der Waals surface area contributed by atoms with Gasteiger partial charge in [0.15, 0.2) is 0 Å². The molecule has 1 saturated heterocycles. The van der Waals surface area contributed by atoms with E-state index in [4.69, 9.17) is 5.73 Å². The average Bonchev–Trinajstić information content (AvgIpc) is 2.25. The molecule has 6 heteroatoms. The Morgan fingerprint density at radius 3 is 2.25 bits per heavy atom. The highest BCUT2D eigenvalue weighted by Crippen LogP contribution is 2.20. The summed E-state index contributed by atoms with van der Waals surface area (Å²) in [5.41, 5.74) is 5.72. The van der Waals surface area contributed by atoms with Crippen LogP contribution in [0.5, 0.6) is 0 Å². The van der Waals surface area contributed by atoms with E-state index in [0.29, 0.717) is 6.42 Å². The largest absolute Gasteiger partial charge is 0.351 e. The average molecular weight is 328 g/mol. The highest BCUT2D eigenvalue weighted by molar-refractivity contribution is 5.85. The van der Waals surface area contributed by atoms with E-state index in [2.05, 4.69) is 31.0 Å². The van der Waals surface area contributed by atoms with Crippen LogP contribution >= 0.6 is 24.8 Å². The van der Waals surface area contributed by atoms with Crippen molar-refractivity contribution < 1.29 is 4.79 Å². The van der Waals surface area contributed by atoms with Crippen molar-refractivity contribution in [2.75, 3.05) is 19.6 Å². The Kier molecular flexibility index (Phi) is 11.9. The van der Waals surface area contributed by atoms with Gasteiger partial charge in [-0.05, 0) is 31.6 Å². The van der Waals surface area contributed by atoms with Gasteiger partial charge in [-0.3, -0.25) is 4.79 Å². The molecule has 0 saturated carbocycles. The van der Waals surface area contributed by atoms with Crippen LogP contribution in [0.3, 0.4) is 0 Å². The van der Waals surface area contributed by atoms with Crippen LogP contribution in [0.4, 0.5) is 0 Å². The van der Waals surface area contributed by atoms with Crippen LogP contribution in [0.15, 0.2) is 0 Å². The van der Waals surface area contributed by atoms with Crippen LogP contribution in [0.2, 0.25) is 0 Å². The van der Waals surface area contributed by atoms with Crippen LogP contribution in [0, 0.1) is 11.8 Å². The molecule has 1 fully saturated rings. The lowest BCUT2D eigenvalue weighted by atomic mass is 9.92. The summed E-state index contributed by atoms with van der Waals surface area (Å²) in [6, 6.07) is -0.195. The van der Waals surface area contributed by atoms with Gasteiger partial charge >= 0.3 is 0 Å². The Morgan fingerprint density at radius 2 is 1.80 bits per heavy atom. The maximum atomic E-state index is 11.7. The molecule has 3 unspecified atom stereocenters. The summed E-state index contributed by atoms with van der Waals surface area (Å²) in [5.74, 6) is 1.49. The molecule has 4 atom stereocenters. The highest BCUT2D eigenvalue weighted by Gasteiger charge is 2.23. The van der Waals surface area contributed by atoms with Crippen LogP contribution in [-0.2, 0) is 4.79 Å². The van der Waals surface area contributed by atoms with E-state index in [0.717, 1.165) is 31.5 Å². The molecule has 1 aliphatic rings. The van der Waals surface area contributed by atoms with Gasteiger partial charge in [0.2, 0.25) is 5.91 Å². The van der Waals surface area contributed by atoms with E-state index in [9.17, 15) is 4.79 Å². The Morgan fingerprint density at radius 1 is 1.30 bits per heavy atom. The van der Waals surface area contributed by atoms with E-state index in [1.165, 1.54) is 6.42 Å². The highest BCUT2D eigenvalue weighted by atomic mass is 35.5. The van der Waals surface area contributed by atoms with Gasteiger partial charge in [-0.1, -0.05) is 20.8 Å². The van der Waals surface area contributed by atoms with Crippen LogP contribution in [0.1, 0.15) is 40.5 Å². The number of likely N-dealkylation sites (tertiary alicyclic amines) is 1. The molecule has 0 spiro atoms. The van der Waals surface area contributed by atoms with E-state index in [1.807, 2.05) is 6.92 Å². The molecule has 0 radical (unpaired) electrons. The zero-order chi connectivity index (χ0) is 13.7. The minimum absolute atomic E-state index is 0. The Bertz CT molecular complexity index is 269. The number of amides is 1. The summed E-state index contributed by atoms with van der Waals surface area (Å²) in [6.45, 7) is 11.8. The van der Waals surface area contributed by atoms with E-state index < -0.39 is 0 Å². The molecule has 1 heterocycles. The third-order valence-corrected chi connectivity index (χ3v) is 3.64. The third kappa shape index (κ3) is 7.67. The first kappa shape index (κ1) is 22.3. The van der Waals surface area contributed by atoms with Crippen LogP contribution in [0.25, 0.3) is 0 Å². The summed E-state index contributed by atoms with van der Waals surface area (Å²) in [6.07, 6.45) is 2.01. The minimum atomic E-state index is -0.369. The SMILES string of the molecule is CC[C@H](N)C(=O)NC(C)CN1CC(C)CC(C)C1.Cl.Cl. The summed E-state index contributed by atoms with van der Waals surface area (Å²) >= 11 is 0. The van der Waals surface area contributed by atoms with Crippen molar-refractivity contribution in [2.45, 2.75) is 52.6 Å². The summed E-state index contributed by atoms with van der Waals surface area (Å²) < 4.78 is 0. The molecular weight excluding hydrogens is 297 g/mol. The van der Waals surface area contributed by atoms with Gasteiger partial charge < -0.3 is 16.0 Å². The van der Waals surface area contributed by atoms with Gasteiger partial charge in [0.05, 0.1) is 6.04 Å². The minimum Gasteiger partial charge on any atom is -0.351 e. The molecule has 1 rings (SSSR count). The van der Waals surface area contributed by atoms with Crippen molar-refractivity contribution in [2.24, 2.45) is 17.6 Å². The smallest absolute Gasteiger partial charge is 0.237 e. The maximum Gasteiger partial charge on any atom is 0.237 e. The van der Waals surface area contributed by atoms with E-state index in [1.54, 1.807) is 0 Å². The number of hydrogen-bond acceptors (Lipinski definition) is 3. The van der Waals surface area contributed by atoms with Crippen LogP contribution < -0.4 is 11.1 Å². The number of nitrogens with one attached hydrogen (secondary N) is 1. The van der Waals surface area contributed by atoms with Crippen LogP contribution in [-0.4, -0.2) is 42.5 Å². The van der Waals surface area contributed by atoms with Gasteiger partial charge in [-0.15, -0.1) is 24.8 Å². The molecule has 0 aromatic carbocycles. The van der Waals surface area contributed by atoms with Crippen molar-refractivity contribution >= 4 is 30.7 Å². The first-order valence-corrected chi connectivity index (χ1v) is 7.20. The Balaban J connectivity index is 0. The fourth-order valence-electron chi connectivity index (χ4n) is 2.91. The molecule has 0 aromatic heterocycles. The first-order chi connectivity index (χ1) is 8.42. The standard InChI is InChI=1S/C14H29N3O.2ClH/c1-5-13(15)14(18)16-12(4)9-17-7-10(2)6-11(3)8-17;;/h10-13H,5-9,15H2,1-4H3,(H,16,18);2*1H/t10?,11?,12?,13-;;/m0../s1. The molecule has 0 aliphatic carbocycles. The van der Waals surface area contributed by atoms with Gasteiger partial charge in [0, 0.05) is 25.7 Å². The number of piperidine rings is 1. The monoisotopic (exact) mass is 327 g/mol. The number of halogens is 2. The third-order valence-electron chi connectivity index (χ3n) is 3.64. The number of nitrogens with zero attached hydrogens (tertiary/aromatic N) is 1. The molecule has 1 amide bonds. The second-order valence-electron chi connectivity index (χ2n) is 6.09. The molecule has 3 N–H and O–H groups in total. The van der Waals surface area contributed by atoms with Crippen molar-refractivity contribution in [1.29, 1.82) is 0 Å². The lowest BCUT2D eigenvalue weighted by molar-refractivity contribution is -0.123. The summed E-state index contributed by atoms with van der Waals surface area (Å²) in [7, 11) is 0. The van der Waals surface area contributed by atoms with Gasteiger partial charge in [0.1, 0.15) is 0 Å². The zero-order valence-electron chi connectivity index (χ0n) is 13.1. The van der Waals surface area contributed by atoms with E-state index >= 15 is 0 Å². The predicted octanol–water partition coefficient (Wildman–Crippen LogP) is 2.05. The number of nitrogens with two attached hydrogens (primary N) is 1. The number of hydrogen-bond donors (Lipinski definition) is 2. The summed E-state index contributed by atoms with van der Waals surface area (Å²) in [4.78, 5) is 14.2.